The lowest BCUT2D eigenvalue weighted by Crippen LogP contribution is -2.17. The zero-order valence-corrected chi connectivity index (χ0v) is 19.1. The first-order chi connectivity index (χ1) is 14.6. The van der Waals surface area contributed by atoms with Gasteiger partial charge in [-0.1, -0.05) is 70.6 Å². The quantitative estimate of drug-likeness (QED) is 0.335. The third-order valence-corrected chi connectivity index (χ3v) is 7.28. The van der Waals surface area contributed by atoms with Crippen LogP contribution in [0.4, 0.5) is 8.78 Å². The van der Waals surface area contributed by atoms with Gasteiger partial charge >= 0.3 is 0 Å². The predicted octanol–water partition coefficient (Wildman–Crippen LogP) is 9.05. The first kappa shape index (κ1) is 23.2. The van der Waals surface area contributed by atoms with Crippen molar-refractivity contribution in [3.8, 4) is 0 Å². The lowest BCUT2D eigenvalue weighted by Gasteiger charge is -2.31. The van der Waals surface area contributed by atoms with E-state index in [9.17, 15) is 8.78 Å². The standard InChI is InChI=1S/C28H40F2/c1-3-5-7-8-9-21-11-13-22(14-12-21)23-15-17-24(18-16-23)25-19-27(29)26(10-6-4-2)28(30)20-25/h15-17,19-22,24H,3-14,18H2,1-2H3. The molecule has 0 aromatic heterocycles. The molecule has 0 spiro atoms. The molecule has 30 heavy (non-hydrogen) atoms. The molecule has 1 aromatic carbocycles. The molecule has 0 amide bonds. The van der Waals surface area contributed by atoms with Crippen molar-refractivity contribution in [3.05, 3.63) is 58.7 Å². The van der Waals surface area contributed by atoms with Gasteiger partial charge in [0.05, 0.1) is 0 Å². The van der Waals surface area contributed by atoms with Crippen LogP contribution < -0.4 is 0 Å². The van der Waals surface area contributed by atoms with E-state index >= 15 is 0 Å². The summed E-state index contributed by atoms with van der Waals surface area (Å²) in [5.74, 6) is 0.945. The SMILES string of the molecule is CCCCCCC1CCC(C2=CCC(c3cc(F)c(CCCC)c(F)c3)C=C2)CC1. The van der Waals surface area contributed by atoms with Crippen LogP contribution in [0.25, 0.3) is 0 Å². The minimum atomic E-state index is -0.376. The fraction of sp³-hybridized carbons (Fsp3) is 0.643. The maximum Gasteiger partial charge on any atom is 0.129 e. The van der Waals surface area contributed by atoms with Crippen LogP contribution in [0, 0.1) is 23.5 Å². The van der Waals surface area contributed by atoms with Gasteiger partial charge in [-0.15, -0.1) is 0 Å². The van der Waals surface area contributed by atoms with Crippen molar-refractivity contribution in [3.63, 3.8) is 0 Å². The second-order valence-corrected chi connectivity index (χ2v) is 9.54. The van der Waals surface area contributed by atoms with Crippen molar-refractivity contribution in [2.24, 2.45) is 11.8 Å². The zero-order chi connectivity index (χ0) is 21.3. The van der Waals surface area contributed by atoms with Gasteiger partial charge in [0.15, 0.2) is 0 Å². The van der Waals surface area contributed by atoms with E-state index in [0.717, 1.165) is 30.7 Å². The Hall–Kier alpha value is -1.44. The smallest absolute Gasteiger partial charge is 0.129 e. The van der Waals surface area contributed by atoms with E-state index in [-0.39, 0.29) is 23.1 Å². The molecule has 2 aliphatic rings. The molecule has 1 fully saturated rings. The molecule has 166 valence electrons. The van der Waals surface area contributed by atoms with Crippen LogP contribution in [-0.4, -0.2) is 0 Å². The summed E-state index contributed by atoms with van der Waals surface area (Å²) in [6, 6.07) is 3.12. The molecule has 2 aliphatic carbocycles. The van der Waals surface area contributed by atoms with Crippen molar-refractivity contribution in [1.82, 2.24) is 0 Å². The second-order valence-electron chi connectivity index (χ2n) is 9.54. The summed E-state index contributed by atoms with van der Waals surface area (Å²) in [5, 5.41) is 0. The van der Waals surface area contributed by atoms with Crippen LogP contribution in [0.1, 0.15) is 108 Å². The van der Waals surface area contributed by atoms with E-state index < -0.39 is 0 Å². The van der Waals surface area contributed by atoms with Gasteiger partial charge in [-0.05, 0) is 80.1 Å². The Balaban J connectivity index is 1.51. The van der Waals surface area contributed by atoms with E-state index in [4.69, 9.17) is 0 Å². The Bertz CT molecular complexity index is 699. The maximum atomic E-state index is 14.4. The molecule has 1 aromatic rings. The molecule has 0 radical (unpaired) electrons. The van der Waals surface area contributed by atoms with E-state index in [2.05, 4.69) is 25.2 Å². The van der Waals surface area contributed by atoms with Gasteiger partial charge < -0.3 is 0 Å². The number of hydrogen-bond donors (Lipinski definition) is 0. The highest BCUT2D eigenvalue weighted by molar-refractivity contribution is 5.36. The van der Waals surface area contributed by atoms with E-state index in [1.54, 1.807) is 12.1 Å². The number of benzene rings is 1. The molecule has 0 aliphatic heterocycles. The molecule has 1 atom stereocenters. The molecule has 1 saturated carbocycles. The first-order valence-electron chi connectivity index (χ1n) is 12.5. The minimum Gasteiger partial charge on any atom is -0.207 e. The van der Waals surface area contributed by atoms with Crippen molar-refractivity contribution >= 4 is 0 Å². The third-order valence-electron chi connectivity index (χ3n) is 7.28. The summed E-state index contributed by atoms with van der Waals surface area (Å²) in [6.45, 7) is 4.32. The van der Waals surface area contributed by atoms with Crippen LogP contribution in [0.15, 0.2) is 35.9 Å². The van der Waals surface area contributed by atoms with E-state index in [1.165, 1.54) is 63.4 Å². The van der Waals surface area contributed by atoms with Crippen LogP contribution in [-0.2, 0) is 6.42 Å². The van der Waals surface area contributed by atoms with Crippen LogP contribution in [0.3, 0.4) is 0 Å². The van der Waals surface area contributed by atoms with Gasteiger partial charge in [-0.2, -0.15) is 0 Å². The van der Waals surface area contributed by atoms with Gasteiger partial charge in [0.1, 0.15) is 11.6 Å². The Morgan fingerprint density at radius 1 is 0.867 bits per heavy atom. The number of halogens is 2. The lowest BCUT2D eigenvalue weighted by molar-refractivity contribution is 0.283. The zero-order valence-electron chi connectivity index (χ0n) is 19.1. The van der Waals surface area contributed by atoms with Crippen molar-refractivity contribution < 1.29 is 8.78 Å². The summed E-state index contributed by atoms with van der Waals surface area (Å²) in [5.41, 5.74) is 2.48. The topological polar surface area (TPSA) is 0 Å². The minimum absolute atomic E-state index is 0.0906. The molecule has 0 bridgehead atoms. The number of rotatable bonds is 10. The average molecular weight is 415 g/mol. The number of unbranched alkanes of at least 4 members (excludes halogenated alkanes) is 4. The van der Waals surface area contributed by atoms with Crippen LogP contribution in [0.5, 0.6) is 0 Å². The van der Waals surface area contributed by atoms with Gasteiger partial charge in [-0.3, -0.25) is 0 Å². The average Bonchev–Trinajstić information content (AvgIpc) is 2.77. The molecule has 1 unspecified atom stereocenters. The fourth-order valence-corrected chi connectivity index (χ4v) is 5.26. The molecule has 0 heterocycles. The van der Waals surface area contributed by atoms with E-state index in [0.29, 0.717) is 12.3 Å². The lowest BCUT2D eigenvalue weighted by atomic mass is 9.75. The maximum absolute atomic E-state index is 14.4. The third kappa shape index (κ3) is 6.28. The highest BCUT2D eigenvalue weighted by Crippen LogP contribution is 2.39. The molecule has 2 heteroatoms. The summed E-state index contributed by atoms with van der Waals surface area (Å²) in [7, 11) is 0. The summed E-state index contributed by atoms with van der Waals surface area (Å²) in [6.07, 6.45) is 22.1. The number of hydrogen-bond acceptors (Lipinski definition) is 0. The van der Waals surface area contributed by atoms with E-state index in [1.807, 2.05) is 6.92 Å². The van der Waals surface area contributed by atoms with Crippen LogP contribution >= 0.6 is 0 Å². The summed E-state index contributed by atoms with van der Waals surface area (Å²) in [4.78, 5) is 0. The van der Waals surface area contributed by atoms with Crippen molar-refractivity contribution in [2.45, 2.75) is 103 Å². The largest absolute Gasteiger partial charge is 0.207 e. The van der Waals surface area contributed by atoms with Crippen molar-refractivity contribution in [2.75, 3.05) is 0 Å². The molecule has 3 rings (SSSR count). The monoisotopic (exact) mass is 414 g/mol. The fourth-order valence-electron chi connectivity index (χ4n) is 5.26. The van der Waals surface area contributed by atoms with Gasteiger partial charge in [0, 0.05) is 11.5 Å². The first-order valence-corrected chi connectivity index (χ1v) is 12.5. The summed E-state index contributed by atoms with van der Waals surface area (Å²) >= 11 is 0. The molecule has 0 saturated heterocycles. The number of allylic oxidation sites excluding steroid dienone is 4. The van der Waals surface area contributed by atoms with Gasteiger partial charge in [0.2, 0.25) is 0 Å². The summed E-state index contributed by atoms with van der Waals surface area (Å²) < 4.78 is 28.9. The highest BCUT2D eigenvalue weighted by atomic mass is 19.1. The Morgan fingerprint density at radius 3 is 2.17 bits per heavy atom. The molecule has 0 N–H and O–H groups in total. The highest BCUT2D eigenvalue weighted by Gasteiger charge is 2.24. The van der Waals surface area contributed by atoms with Gasteiger partial charge in [0.25, 0.3) is 0 Å². The molecule has 0 nitrogen and oxygen atoms in total. The molecular weight excluding hydrogens is 374 g/mol. The normalized spacial score (nSPS) is 24.1. The van der Waals surface area contributed by atoms with Gasteiger partial charge in [-0.25, -0.2) is 8.78 Å². The second kappa shape index (κ2) is 11.8. The Morgan fingerprint density at radius 2 is 1.57 bits per heavy atom. The van der Waals surface area contributed by atoms with Crippen LogP contribution in [0.2, 0.25) is 0 Å². The molecular formula is C28H40F2. The predicted molar refractivity (Wildman–Crippen MR) is 124 cm³/mol. The Kier molecular flexibility index (Phi) is 9.15. The van der Waals surface area contributed by atoms with Crippen molar-refractivity contribution in [1.29, 1.82) is 0 Å². The Labute approximate surface area is 182 Å².